The van der Waals surface area contributed by atoms with Crippen molar-refractivity contribution >= 4 is 11.6 Å². The van der Waals surface area contributed by atoms with Crippen LogP contribution in [0, 0.1) is 0 Å². The van der Waals surface area contributed by atoms with Crippen molar-refractivity contribution in [3.8, 4) is 0 Å². The molecule has 0 aliphatic carbocycles. The zero-order valence-corrected chi connectivity index (χ0v) is 9.41. The molecule has 0 fully saturated rings. The molecule has 0 aliphatic heterocycles. The van der Waals surface area contributed by atoms with Gasteiger partial charge in [0, 0.05) is 12.8 Å². The highest BCUT2D eigenvalue weighted by molar-refractivity contribution is 5.96. The van der Waals surface area contributed by atoms with Crippen LogP contribution < -0.4 is 5.32 Å². The molecule has 1 aromatic carbocycles. The van der Waals surface area contributed by atoms with Gasteiger partial charge in [-0.1, -0.05) is 25.1 Å². The molecule has 0 heterocycles. The van der Waals surface area contributed by atoms with Crippen LogP contribution in [0.4, 0.5) is 5.69 Å². The van der Waals surface area contributed by atoms with Gasteiger partial charge in [0.25, 0.3) is 5.91 Å². The van der Waals surface area contributed by atoms with Crippen molar-refractivity contribution in [1.82, 2.24) is 0 Å². The molecule has 0 spiro atoms. The van der Waals surface area contributed by atoms with Crippen molar-refractivity contribution in [2.45, 2.75) is 25.9 Å². The van der Waals surface area contributed by atoms with Crippen molar-refractivity contribution < 1.29 is 9.53 Å². The Bertz CT molecular complexity index is 318. The van der Waals surface area contributed by atoms with Gasteiger partial charge in [-0.2, -0.15) is 0 Å². The van der Waals surface area contributed by atoms with E-state index in [9.17, 15) is 4.79 Å². The van der Waals surface area contributed by atoms with E-state index in [4.69, 9.17) is 4.74 Å². The van der Waals surface area contributed by atoms with E-state index in [0.717, 1.165) is 5.69 Å². The lowest BCUT2D eigenvalue weighted by Crippen LogP contribution is -2.41. The first-order chi connectivity index (χ1) is 7.12. The minimum Gasteiger partial charge on any atom is -0.369 e. The van der Waals surface area contributed by atoms with Crippen LogP contribution in [0.5, 0.6) is 0 Å². The quantitative estimate of drug-likeness (QED) is 0.823. The largest absolute Gasteiger partial charge is 0.369 e. The molecule has 0 aromatic heterocycles. The summed E-state index contributed by atoms with van der Waals surface area (Å²) in [5.74, 6) is -0.112. The molecule has 0 radical (unpaired) electrons. The third kappa shape index (κ3) is 2.80. The number of para-hydroxylation sites is 1. The molecule has 3 nitrogen and oxygen atoms in total. The Morgan fingerprint density at radius 1 is 1.40 bits per heavy atom. The van der Waals surface area contributed by atoms with E-state index in [-0.39, 0.29) is 5.91 Å². The summed E-state index contributed by atoms with van der Waals surface area (Å²) < 4.78 is 5.21. The SMILES string of the molecule is CCC(C)(OC)C(=O)Nc1ccccc1. The van der Waals surface area contributed by atoms with Gasteiger partial charge >= 0.3 is 0 Å². The number of amides is 1. The first-order valence-electron chi connectivity index (χ1n) is 5.04. The molecule has 0 saturated heterocycles. The maximum absolute atomic E-state index is 11.9. The second kappa shape index (κ2) is 4.94. The van der Waals surface area contributed by atoms with Crippen LogP contribution in [0.25, 0.3) is 0 Å². The van der Waals surface area contributed by atoms with Crippen LogP contribution >= 0.6 is 0 Å². The van der Waals surface area contributed by atoms with Gasteiger partial charge < -0.3 is 10.1 Å². The summed E-state index contributed by atoms with van der Waals surface area (Å²) in [6, 6.07) is 9.37. The molecule has 1 atom stereocenters. The van der Waals surface area contributed by atoms with Gasteiger partial charge in [-0.3, -0.25) is 4.79 Å². The highest BCUT2D eigenvalue weighted by Gasteiger charge is 2.30. The van der Waals surface area contributed by atoms with Gasteiger partial charge in [0.1, 0.15) is 5.60 Å². The van der Waals surface area contributed by atoms with E-state index in [0.29, 0.717) is 6.42 Å². The van der Waals surface area contributed by atoms with E-state index in [1.165, 1.54) is 0 Å². The summed E-state index contributed by atoms with van der Waals surface area (Å²) in [5, 5.41) is 2.82. The highest BCUT2D eigenvalue weighted by Crippen LogP contribution is 2.17. The lowest BCUT2D eigenvalue weighted by Gasteiger charge is -2.25. The summed E-state index contributed by atoms with van der Waals surface area (Å²) in [5.41, 5.74) is 0.0368. The molecule has 15 heavy (non-hydrogen) atoms. The molecule has 1 rings (SSSR count). The number of carbonyl (C=O) groups excluding carboxylic acids is 1. The van der Waals surface area contributed by atoms with Gasteiger partial charge in [0.15, 0.2) is 0 Å². The zero-order chi connectivity index (χ0) is 11.3. The predicted octanol–water partition coefficient (Wildman–Crippen LogP) is 2.44. The fraction of sp³-hybridized carbons (Fsp3) is 0.417. The topological polar surface area (TPSA) is 38.3 Å². The summed E-state index contributed by atoms with van der Waals surface area (Å²) >= 11 is 0. The molecule has 1 N–H and O–H groups in total. The number of methoxy groups -OCH3 is 1. The maximum Gasteiger partial charge on any atom is 0.256 e. The summed E-state index contributed by atoms with van der Waals surface area (Å²) in [6.45, 7) is 3.71. The smallest absolute Gasteiger partial charge is 0.256 e. The number of ether oxygens (including phenoxy) is 1. The molecule has 3 heteroatoms. The van der Waals surface area contributed by atoms with Crippen molar-refractivity contribution in [3.63, 3.8) is 0 Å². The number of benzene rings is 1. The third-order valence-corrected chi connectivity index (χ3v) is 2.64. The number of hydrogen-bond donors (Lipinski definition) is 1. The molecule has 82 valence electrons. The first kappa shape index (κ1) is 11.7. The van der Waals surface area contributed by atoms with Crippen LogP contribution in [0.3, 0.4) is 0 Å². The summed E-state index contributed by atoms with van der Waals surface area (Å²) in [4.78, 5) is 11.9. The lowest BCUT2D eigenvalue weighted by atomic mass is 10.0. The third-order valence-electron chi connectivity index (χ3n) is 2.64. The van der Waals surface area contributed by atoms with Gasteiger partial charge in [-0.25, -0.2) is 0 Å². The average Bonchev–Trinajstić information content (AvgIpc) is 2.29. The van der Waals surface area contributed by atoms with Crippen LogP contribution in [-0.2, 0) is 9.53 Å². The van der Waals surface area contributed by atoms with Gasteiger partial charge in [-0.05, 0) is 25.5 Å². The molecular formula is C12H17NO2. The van der Waals surface area contributed by atoms with Crippen LogP contribution in [0.1, 0.15) is 20.3 Å². The van der Waals surface area contributed by atoms with Crippen LogP contribution in [-0.4, -0.2) is 18.6 Å². The van der Waals surface area contributed by atoms with E-state index in [1.54, 1.807) is 14.0 Å². The number of rotatable bonds is 4. The molecule has 0 aliphatic rings. The highest BCUT2D eigenvalue weighted by atomic mass is 16.5. The summed E-state index contributed by atoms with van der Waals surface area (Å²) in [6.07, 6.45) is 0.641. The monoisotopic (exact) mass is 207 g/mol. The van der Waals surface area contributed by atoms with Crippen molar-refractivity contribution in [3.05, 3.63) is 30.3 Å². The second-order valence-electron chi connectivity index (χ2n) is 3.61. The lowest BCUT2D eigenvalue weighted by molar-refractivity contribution is -0.136. The van der Waals surface area contributed by atoms with E-state index >= 15 is 0 Å². The number of carbonyl (C=O) groups is 1. The maximum atomic E-state index is 11.9. The minimum absolute atomic E-state index is 0.112. The Morgan fingerprint density at radius 3 is 2.47 bits per heavy atom. The first-order valence-corrected chi connectivity index (χ1v) is 5.04. The number of hydrogen-bond acceptors (Lipinski definition) is 2. The molecule has 0 bridgehead atoms. The van der Waals surface area contributed by atoms with Gasteiger partial charge in [0.2, 0.25) is 0 Å². The number of nitrogens with one attached hydrogen (secondary N) is 1. The van der Waals surface area contributed by atoms with Crippen molar-refractivity contribution in [2.75, 3.05) is 12.4 Å². The zero-order valence-electron chi connectivity index (χ0n) is 9.41. The van der Waals surface area contributed by atoms with Gasteiger partial charge in [-0.15, -0.1) is 0 Å². The van der Waals surface area contributed by atoms with E-state index < -0.39 is 5.60 Å². The minimum atomic E-state index is -0.754. The Hall–Kier alpha value is -1.35. The molecular weight excluding hydrogens is 190 g/mol. The normalized spacial score (nSPS) is 14.3. The van der Waals surface area contributed by atoms with Crippen LogP contribution in [0.15, 0.2) is 30.3 Å². The van der Waals surface area contributed by atoms with E-state index in [2.05, 4.69) is 5.32 Å². The van der Waals surface area contributed by atoms with Gasteiger partial charge in [0.05, 0.1) is 0 Å². The number of anilines is 1. The Balaban J connectivity index is 2.71. The fourth-order valence-corrected chi connectivity index (χ4v) is 1.18. The molecule has 1 amide bonds. The average molecular weight is 207 g/mol. The fourth-order valence-electron chi connectivity index (χ4n) is 1.18. The standard InChI is InChI=1S/C12H17NO2/c1-4-12(2,15-3)11(14)13-10-8-6-5-7-9-10/h5-9H,4H2,1-3H3,(H,13,14). The Labute approximate surface area is 90.4 Å². The molecule has 0 saturated carbocycles. The Kier molecular flexibility index (Phi) is 3.86. The summed E-state index contributed by atoms with van der Waals surface area (Å²) in [7, 11) is 1.55. The second-order valence-corrected chi connectivity index (χ2v) is 3.61. The van der Waals surface area contributed by atoms with E-state index in [1.807, 2.05) is 37.3 Å². The molecule has 1 unspecified atom stereocenters. The van der Waals surface area contributed by atoms with Crippen molar-refractivity contribution in [2.24, 2.45) is 0 Å². The van der Waals surface area contributed by atoms with Crippen LogP contribution in [0.2, 0.25) is 0 Å². The van der Waals surface area contributed by atoms with Crippen molar-refractivity contribution in [1.29, 1.82) is 0 Å². The molecule has 1 aromatic rings. The Morgan fingerprint density at radius 2 is 2.00 bits per heavy atom. The predicted molar refractivity (Wildman–Crippen MR) is 60.8 cm³/mol.